The predicted molar refractivity (Wildman–Crippen MR) is 109 cm³/mol. The van der Waals surface area contributed by atoms with Gasteiger partial charge in [0.25, 0.3) is 5.91 Å². The van der Waals surface area contributed by atoms with Crippen molar-refractivity contribution < 1.29 is 18.7 Å². The van der Waals surface area contributed by atoms with Gasteiger partial charge in [0.1, 0.15) is 5.82 Å². The van der Waals surface area contributed by atoms with E-state index in [9.17, 15) is 14.0 Å². The maximum atomic E-state index is 13.2. The number of carbonyl (C=O) groups is 2. The van der Waals surface area contributed by atoms with Crippen LogP contribution in [0.5, 0.6) is 0 Å². The van der Waals surface area contributed by atoms with Crippen molar-refractivity contribution in [2.24, 2.45) is 0 Å². The number of aryl methyl sites for hydroxylation is 1. The van der Waals surface area contributed by atoms with Crippen molar-refractivity contribution in [2.75, 3.05) is 12.4 Å². The molecule has 3 aromatic rings. The summed E-state index contributed by atoms with van der Waals surface area (Å²) in [6.45, 7) is 4.11. The molecule has 3 rings (SSSR count). The molecule has 2 N–H and O–H groups in total. The van der Waals surface area contributed by atoms with E-state index < -0.39 is 6.09 Å². The highest BCUT2D eigenvalue weighted by molar-refractivity contribution is 5.95. The molecule has 1 heterocycles. The topological polar surface area (TPSA) is 72.4 Å². The van der Waals surface area contributed by atoms with E-state index in [0.717, 1.165) is 22.6 Å². The average Bonchev–Trinajstić information content (AvgIpc) is 3.02. The van der Waals surface area contributed by atoms with Crippen LogP contribution in [0.1, 0.15) is 27.3 Å². The Kier molecular flexibility index (Phi) is 5.97. The minimum Gasteiger partial charge on any atom is -0.453 e. The Morgan fingerprint density at radius 3 is 2.31 bits per heavy atom. The zero-order valence-electron chi connectivity index (χ0n) is 16.5. The van der Waals surface area contributed by atoms with Crippen LogP contribution in [-0.2, 0) is 11.3 Å². The largest absolute Gasteiger partial charge is 0.453 e. The Morgan fingerprint density at radius 1 is 1.03 bits per heavy atom. The van der Waals surface area contributed by atoms with Crippen LogP contribution in [0.25, 0.3) is 5.69 Å². The minimum absolute atomic E-state index is 0.191. The van der Waals surface area contributed by atoms with Crippen LogP contribution in [0.4, 0.5) is 14.9 Å². The lowest BCUT2D eigenvalue weighted by atomic mass is 10.2. The molecule has 1 aromatic heterocycles. The molecule has 0 fully saturated rings. The Morgan fingerprint density at radius 2 is 1.69 bits per heavy atom. The molecule has 6 nitrogen and oxygen atoms in total. The first-order chi connectivity index (χ1) is 13.9. The molecule has 29 heavy (non-hydrogen) atoms. The van der Waals surface area contributed by atoms with Gasteiger partial charge in [-0.1, -0.05) is 12.1 Å². The summed E-state index contributed by atoms with van der Waals surface area (Å²) in [5.74, 6) is -0.495. The van der Waals surface area contributed by atoms with Crippen molar-refractivity contribution in [3.63, 3.8) is 0 Å². The number of benzene rings is 2. The second-order valence-electron chi connectivity index (χ2n) is 6.59. The molecule has 150 valence electrons. The zero-order chi connectivity index (χ0) is 21.0. The molecule has 0 aliphatic rings. The lowest BCUT2D eigenvalue weighted by Crippen LogP contribution is -2.23. The van der Waals surface area contributed by atoms with Crippen LogP contribution < -0.4 is 10.6 Å². The van der Waals surface area contributed by atoms with E-state index in [1.165, 1.54) is 19.2 Å². The quantitative estimate of drug-likeness (QED) is 0.675. The van der Waals surface area contributed by atoms with Gasteiger partial charge in [0, 0.05) is 29.3 Å². The lowest BCUT2D eigenvalue weighted by molar-refractivity contribution is 0.0950. The number of aromatic nitrogens is 1. The monoisotopic (exact) mass is 395 g/mol. The first-order valence-electron chi connectivity index (χ1n) is 9.06. The number of carbonyl (C=O) groups excluding carboxylic acids is 2. The summed E-state index contributed by atoms with van der Waals surface area (Å²) in [6, 6.07) is 15.1. The third kappa shape index (κ3) is 4.63. The van der Waals surface area contributed by atoms with Gasteiger partial charge in [-0.15, -0.1) is 0 Å². The van der Waals surface area contributed by atoms with E-state index >= 15 is 0 Å². The molecule has 0 saturated heterocycles. The first-order valence-corrected chi connectivity index (χ1v) is 9.06. The molecule has 0 aliphatic heterocycles. The molecule has 0 saturated carbocycles. The summed E-state index contributed by atoms with van der Waals surface area (Å²) in [5, 5.41) is 5.47. The highest BCUT2D eigenvalue weighted by Crippen LogP contribution is 2.21. The van der Waals surface area contributed by atoms with Crippen molar-refractivity contribution in [1.82, 2.24) is 9.88 Å². The van der Waals surface area contributed by atoms with Gasteiger partial charge in [0.2, 0.25) is 0 Å². The zero-order valence-corrected chi connectivity index (χ0v) is 16.5. The molecule has 2 aromatic carbocycles. The van der Waals surface area contributed by atoms with E-state index in [2.05, 4.69) is 15.4 Å². The number of nitrogens with zero attached hydrogens (tertiary/aromatic N) is 1. The Hall–Kier alpha value is -3.61. The summed E-state index contributed by atoms with van der Waals surface area (Å²) in [6.07, 6.45) is -0.539. The number of amides is 2. The van der Waals surface area contributed by atoms with Crippen molar-refractivity contribution in [1.29, 1.82) is 0 Å². The Labute approximate surface area is 168 Å². The van der Waals surface area contributed by atoms with Crippen LogP contribution in [-0.4, -0.2) is 23.7 Å². The summed E-state index contributed by atoms with van der Waals surface area (Å²) in [5.41, 5.74) is 4.53. The Balaban J connectivity index is 1.69. The number of ether oxygens (including phenoxy) is 1. The van der Waals surface area contributed by atoms with Gasteiger partial charge in [-0.05, 0) is 61.9 Å². The number of rotatable bonds is 5. The normalized spacial score (nSPS) is 10.5. The SMILES string of the molecule is COC(=O)Nc1ccc(CNC(=O)c2cc(C)n(-c3ccc(F)cc3)c2C)cc1. The van der Waals surface area contributed by atoms with Crippen molar-refractivity contribution in [3.8, 4) is 5.69 Å². The molecular formula is C22H22FN3O3. The van der Waals surface area contributed by atoms with E-state index in [1.54, 1.807) is 24.3 Å². The second kappa shape index (κ2) is 8.60. The fourth-order valence-electron chi connectivity index (χ4n) is 3.13. The smallest absolute Gasteiger partial charge is 0.411 e. The number of hydrogen-bond donors (Lipinski definition) is 2. The molecular weight excluding hydrogens is 373 g/mol. The highest BCUT2D eigenvalue weighted by Gasteiger charge is 2.16. The molecule has 0 spiro atoms. The number of halogens is 1. The third-order valence-electron chi connectivity index (χ3n) is 4.60. The number of methoxy groups -OCH3 is 1. The minimum atomic E-state index is -0.539. The van der Waals surface area contributed by atoms with Crippen molar-refractivity contribution in [2.45, 2.75) is 20.4 Å². The summed E-state index contributed by atoms with van der Waals surface area (Å²) >= 11 is 0. The molecule has 0 atom stereocenters. The van der Waals surface area contributed by atoms with Gasteiger partial charge in [-0.25, -0.2) is 9.18 Å². The van der Waals surface area contributed by atoms with E-state index in [1.807, 2.05) is 36.6 Å². The van der Waals surface area contributed by atoms with Crippen LogP contribution in [0.2, 0.25) is 0 Å². The van der Waals surface area contributed by atoms with Gasteiger partial charge in [0.15, 0.2) is 0 Å². The second-order valence-corrected chi connectivity index (χ2v) is 6.59. The van der Waals surface area contributed by atoms with Gasteiger partial charge in [0.05, 0.1) is 12.7 Å². The van der Waals surface area contributed by atoms with Crippen LogP contribution in [0, 0.1) is 19.7 Å². The standard InChI is InChI=1S/C22H22FN3O3/c1-14-12-20(15(2)26(14)19-10-6-17(23)7-11-19)21(27)24-13-16-4-8-18(9-5-16)25-22(28)29-3/h4-12H,13H2,1-3H3,(H,24,27)(H,25,28). The fourth-order valence-corrected chi connectivity index (χ4v) is 3.13. The van der Waals surface area contributed by atoms with Crippen LogP contribution in [0.3, 0.4) is 0 Å². The Bertz CT molecular complexity index is 1020. The van der Waals surface area contributed by atoms with E-state index in [0.29, 0.717) is 17.8 Å². The van der Waals surface area contributed by atoms with Gasteiger partial charge >= 0.3 is 6.09 Å². The highest BCUT2D eigenvalue weighted by atomic mass is 19.1. The average molecular weight is 395 g/mol. The number of hydrogen-bond acceptors (Lipinski definition) is 3. The molecule has 0 radical (unpaired) electrons. The summed E-state index contributed by atoms with van der Waals surface area (Å²) in [4.78, 5) is 23.9. The number of anilines is 1. The maximum Gasteiger partial charge on any atom is 0.411 e. The predicted octanol–water partition coefficient (Wildman–Crippen LogP) is 4.34. The van der Waals surface area contributed by atoms with E-state index in [4.69, 9.17) is 0 Å². The molecule has 0 aliphatic carbocycles. The molecule has 0 bridgehead atoms. The molecule has 0 unspecified atom stereocenters. The maximum absolute atomic E-state index is 13.2. The summed E-state index contributed by atoms with van der Waals surface area (Å²) < 4.78 is 19.7. The third-order valence-corrected chi connectivity index (χ3v) is 4.60. The van der Waals surface area contributed by atoms with Crippen molar-refractivity contribution >= 4 is 17.7 Å². The van der Waals surface area contributed by atoms with Gasteiger partial charge < -0.3 is 14.6 Å². The van der Waals surface area contributed by atoms with Gasteiger partial charge in [-0.2, -0.15) is 0 Å². The van der Waals surface area contributed by atoms with Crippen molar-refractivity contribution in [3.05, 3.63) is 82.9 Å². The van der Waals surface area contributed by atoms with Gasteiger partial charge in [-0.3, -0.25) is 10.1 Å². The number of nitrogens with one attached hydrogen (secondary N) is 2. The molecule has 2 amide bonds. The lowest BCUT2D eigenvalue weighted by Gasteiger charge is -2.10. The van der Waals surface area contributed by atoms with Crippen LogP contribution in [0.15, 0.2) is 54.6 Å². The fraction of sp³-hybridized carbons (Fsp3) is 0.182. The first kappa shape index (κ1) is 20.1. The van der Waals surface area contributed by atoms with Crippen LogP contribution >= 0.6 is 0 Å². The molecule has 7 heteroatoms. The van der Waals surface area contributed by atoms with E-state index in [-0.39, 0.29) is 11.7 Å². The summed E-state index contributed by atoms with van der Waals surface area (Å²) in [7, 11) is 1.30.